The first-order chi connectivity index (χ1) is 18.0. The smallest absolute Gasteiger partial charge is 0.303 e. The minimum Gasteiger partial charge on any atom is -0.463 e. The zero-order valence-corrected chi connectivity index (χ0v) is 22.8. The van der Waals surface area contributed by atoms with Gasteiger partial charge in [-0.25, -0.2) is 13.5 Å². The molecule has 0 spiro atoms. The molecular formula is C25H23Cl2F2N3O5S. The number of hydrogen-bond donors (Lipinski definition) is 0. The van der Waals surface area contributed by atoms with Gasteiger partial charge in [-0.15, -0.1) is 5.10 Å². The summed E-state index contributed by atoms with van der Waals surface area (Å²) >= 11 is 13.6. The van der Waals surface area contributed by atoms with Crippen molar-refractivity contribution in [3.8, 4) is 11.3 Å². The molecule has 1 saturated heterocycles. The van der Waals surface area contributed by atoms with Gasteiger partial charge < -0.3 is 14.2 Å². The van der Waals surface area contributed by atoms with Crippen molar-refractivity contribution >= 4 is 46.9 Å². The first kappa shape index (κ1) is 28.3. The van der Waals surface area contributed by atoms with Gasteiger partial charge in [0.2, 0.25) is 0 Å². The van der Waals surface area contributed by atoms with Crippen molar-refractivity contribution in [1.29, 1.82) is 0 Å². The third-order valence-electron chi connectivity index (χ3n) is 5.85. The van der Waals surface area contributed by atoms with Crippen molar-refractivity contribution < 1.29 is 32.6 Å². The van der Waals surface area contributed by atoms with E-state index in [2.05, 4.69) is 10.3 Å². The van der Waals surface area contributed by atoms with Crippen molar-refractivity contribution in [2.45, 2.75) is 49.4 Å². The summed E-state index contributed by atoms with van der Waals surface area (Å²) in [4.78, 5) is 24.4. The molecule has 8 nitrogen and oxygen atoms in total. The quantitative estimate of drug-likeness (QED) is 0.325. The number of carbonyl (C=O) groups excluding carboxylic acids is 2. The molecular weight excluding hydrogens is 563 g/mol. The van der Waals surface area contributed by atoms with Gasteiger partial charge in [-0.1, -0.05) is 47.1 Å². The molecule has 2 heterocycles. The van der Waals surface area contributed by atoms with E-state index in [-0.39, 0.29) is 23.8 Å². The maximum Gasteiger partial charge on any atom is 0.303 e. The number of nitrogens with zero attached hydrogens (tertiary/aromatic N) is 3. The number of rotatable bonds is 7. The molecule has 1 aliphatic heterocycles. The Morgan fingerprint density at radius 3 is 2.42 bits per heavy atom. The van der Waals surface area contributed by atoms with Crippen LogP contribution in [0.2, 0.25) is 10.0 Å². The van der Waals surface area contributed by atoms with E-state index >= 15 is 0 Å². The van der Waals surface area contributed by atoms with Crippen LogP contribution in [0.1, 0.15) is 26.8 Å². The lowest BCUT2D eigenvalue weighted by molar-refractivity contribution is -0.191. The lowest BCUT2D eigenvalue weighted by atomic mass is 9.90. The largest absolute Gasteiger partial charge is 0.463 e. The summed E-state index contributed by atoms with van der Waals surface area (Å²) in [6.45, 7) is 4.20. The molecule has 0 N–H and O–H groups in total. The zero-order chi connectivity index (χ0) is 27.6. The fourth-order valence-electron chi connectivity index (χ4n) is 4.19. The third kappa shape index (κ3) is 6.63. The Kier molecular flexibility index (Phi) is 8.92. The van der Waals surface area contributed by atoms with Crippen LogP contribution in [0.5, 0.6) is 0 Å². The second-order valence-electron chi connectivity index (χ2n) is 8.70. The summed E-state index contributed by atoms with van der Waals surface area (Å²) < 4.78 is 46.3. The van der Waals surface area contributed by atoms with Gasteiger partial charge in [0, 0.05) is 36.3 Å². The fourth-order valence-corrected chi connectivity index (χ4v) is 5.73. The molecule has 1 aliphatic rings. The summed E-state index contributed by atoms with van der Waals surface area (Å²) in [7, 11) is 0. The molecule has 0 amide bonds. The molecule has 202 valence electrons. The van der Waals surface area contributed by atoms with Crippen LogP contribution in [-0.2, 0) is 23.8 Å². The Balaban J connectivity index is 1.72. The summed E-state index contributed by atoms with van der Waals surface area (Å²) in [5.74, 6) is -2.98. The minimum atomic E-state index is -0.925. The van der Waals surface area contributed by atoms with Crippen LogP contribution in [0.25, 0.3) is 11.3 Å². The highest BCUT2D eigenvalue weighted by Gasteiger charge is 2.48. The molecule has 1 aromatic heterocycles. The van der Waals surface area contributed by atoms with Gasteiger partial charge in [0.05, 0.1) is 22.3 Å². The van der Waals surface area contributed by atoms with E-state index in [1.54, 1.807) is 18.2 Å². The van der Waals surface area contributed by atoms with Crippen LogP contribution in [0.4, 0.5) is 8.78 Å². The van der Waals surface area contributed by atoms with Gasteiger partial charge in [-0.3, -0.25) is 9.59 Å². The van der Waals surface area contributed by atoms with Crippen molar-refractivity contribution in [3.05, 3.63) is 64.3 Å². The van der Waals surface area contributed by atoms with E-state index in [9.17, 15) is 18.4 Å². The van der Waals surface area contributed by atoms with Crippen molar-refractivity contribution in [2.75, 3.05) is 6.61 Å². The number of ether oxygens (including phenoxy) is 3. The van der Waals surface area contributed by atoms with E-state index in [0.29, 0.717) is 10.0 Å². The standard InChI is InChI=1S/C25H23Cl2F2N3O5S/c1-12-23(32-10-21(30-31-32)15-6-16(28)8-17(29)7-15)24(36-14(3)34)22(11-35-13(2)33)37-25(12)38-18-4-5-19(26)20(27)9-18/h4-10,12,22-25H,11H2,1-3H3/t12?,22?,23-,24+,25-/m1/s1. The average Bonchev–Trinajstić information content (AvgIpc) is 3.31. The number of benzene rings is 2. The van der Waals surface area contributed by atoms with Gasteiger partial charge in [0.1, 0.15) is 35.5 Å². The van der Waals surface area contributed by atoms with E-state index < -0.39 is 47.3 Å². The minimum absolute atomic E-state index is 0.189. The van der Waals surface area contributed by atoms with Crippen LogP contribution >= 0.6 is 35.0 Å². The number of halogens is 4. The van der Waals surface area contributed by atoms with Gasteiger partial charge in [-0.2, -0.15) is 0 Å². The Labute approximate surface area is 231 Å². The predicted octanol–water partition coefficient (Wildman–Crippen LogP) is 5.72. The van der Waals surface area contributed by atoms with Crippen LogP contribution in [0.3, 0.4) is 0 Å². The molecule has 0 radical (unpaired) electrons. The van der Waals surface area contributed by atoms with Crippen molar-refractivity contribution in [2.24, 2.45) is 5.92 Å². The molecule has 38 heavy (non-hydrogen) atoms. The topological polar surface area (TPSA) is 92.5 Å². The highest BCUT2D eigenvalue weighted by atomic mass is 35.5. The fraction of sp³-hybridized carbons (Fsp3) is 0.360. The lowest BCUT2D eigenvalue weighted by Gasteiger charge is -2.44. The van der Waals surface area contributed by atoms with E-state index in [1.165, 1.54) is 36.5 Å². The normalized spacial score (nSPS) is 23.2. The van der Waals surface area contributed by atoms with E-state index in [4.69, 9.17) is 37.4 Å². The number of thioether (sulfide) groups is 1. The highest BCUT2D eigenvalue weighted by molar-refractivity contribution is 7.99. The number of aromatic nitrogens is 3. The molecule has 2 aromatic carbocycles. The van der Waals surface area contributed by atoms with Crippen molar-refractivity contribution in [1.82, 2.24) is 15.0 Å². The molecule has 1 fully saturated rings. The van der Waals surface area contributed by atoms with Gasteiger partial charge in [0.15, 0.2) is 6.10 Å². The Morgan fingerprint density at radius 2 is 1.79 bits per heavy atom. The highest BCUT2D eigenvalue weighted by Crippen LogP contribution is 2.44. The van der Waals surface area contributed by atoms with Crippen molar-refractivity contribution in [3.63, 3.8) is 0 Å². The first-order valence-corrected chi connectivity index (χ1v) is 13.1. The number of carbonyl (C=O) groups is 2. The maximum absolute atomic E-state index is 13.8. The molecule has 13 heteroatoms. The molecule has 2 unspecified atom stereocenters. The summed E-state index contributed by atoms with van der Waals surface area (Å²) in [5.41, 5.74) is -0.131. The molecule has 0 bridgehead atoms. The van der Waals surface area contributed by atoms with E-state index in [0.717, 1.165) is 23.1 Å². The summed E-state index contributed by atoms with van der Waals surface area (Å²) in [6.07, 6.45) is -0.268. The molecule has 0 saturated carbocycles. The van der Waals surface area contributed by atoms with Crippen LogP contribution < -0.4 is 0 Å². The SMILES string of the molecule is CC(=O)OCC1O[C@H](Sc2ccc(Cl)c(Cl)c2)C(C)[C@@H](n2cc(-c3cc(F)cc(F)c3)nn2)[C@H]1OC(C)=O. The molecule has 4 rings (SSSR count). The first-order valence-electron chi connectivity index (χ1n) is 11.5. The summed E-state index contributed by atoms with van der Waals surface area (Å²) in [6, 6.07) is 7.54. The monoisotopic (exact) mass is 585 g/mol. The molecule has 0 aliphatic carbocycles. The van der Waals surface area contributed by atoms with Gasteiger partial charge in [-0.05, 0) is 30.3 Å². The number of esters is 2. The Morgan fingerprint density at radius 1 is 1.08 bits per heavy atom. The zero-order valence-electron chi connectivity index (χ0n) is 20.4. The number of hydrogen-bond acceptors (Lipinski definition) is 8. The molecule has 5 atom stereocenters. The van der Waals surface area contributed by atoms with Crippen LogP contribution in [0.15, 0.2) is 47.5 Å². The van der Waals surface area contributed by atoms with Gasteiger partial charge in [0.25, 0.3) is 0 Å². The second-order valence-corrected chi connectivity index (χ2v) is 10.7. The lowest BCUT2D eigenvalue weighted by Crippen LogP contribution is -2.53. The summed E-state index contributed by atoms with van der Waals surface area (Å²) in [5, 5.41) is 9.07. The molecule has 3 aromatic rings. The van der Waals surface area contributed by atoms with Crippen LogP contribution in [0, 0.1) is 17.6 Å². The third-order valence-corrected chi connectivity index (χ3v) is 7.89. The average molecular weight is 586 g/mol. The van der Waals surface area contributed by atoms with Gasteiger partial charge >= 0.3 is 11.9 Å². The Bertz CT molecular complexity index is 1320. The second kappa shape index (κ2) is 12.0. The predicted molar refractivity (Wildman–Crippen MR) is 137 cm³/mol. The maximum atomic E-state index is 13.8. The van der Waals surface area contributed by atoms with E-state index in [1.807, 2.05) is 6.92 Å². The van der Waals surface area contributed by atoms with Crippen LogP contribution in [-0.4, -0.2) is 51.2 Å². The Hall–Kier alpha value is -2.73.